The van der Waals surface area contributed by atoms with Gasteiger partial charge in [-0.05, 0) is 30.9 Å². The summed E-state index contributed by atoms with van der Waals surface area (Å²) < 4.78 is 0. The lowest BCUT2D eigenvalue weighted by Gasteiger charge is -2.33. The molecule has 0 saturated carbocycles. The number of hydrogen-bond acceptors (Lipinski definition) is 3. The van der Waals surface area contributed by atoms with E-state index in [9.17, 15) is 9.59 Å². The van der Waals surface area contributed by atoms with Crippen molar-refractivity contribution in [3.63, 3.8) is 0 Å². The number of hydrogen-bond donors (Lipinski definition) is 1. The summed E-state index contributed by atoms with van der Waals surface area (Å²) in [4.78, 5) is 27.1. The molecule has 1 aliphatic heterocycles. The molecule has 148 valence electrons. The van der Waals surface area contributed by atoms with Crippen molar-refractivity contribution in [2.75, 3.05) is 13.1 Å². The smallest absolute Gasteiger partial charge is 0.235 e. The molecule has 4 nitrogen and oxygen atoms in total. The van der Waals surface area contributed by atoms with Gasteiger partial charge >= 0.3 is 0 Å². The monoisotopic (exact) mass is 396 g/mol. The Kier molecular flexibility index (Phi) is 7.54. The molecule has 5 heteroatoms. The SMILES string of the molecule is CC(SCc1ccccc1)C(=O)N1CCC(C(=O)NCc2ccccc2)CC1. The Bertz CT molecular complexity index is 759. The second-order valence-electron chi connectivity index (χ2n) is 7.24. The molecule has 2 aromatic rings. The normalized spacial score (nSPS) is 15.8. The van der Waals surface area contributed by atoms with Gasteiger partial charge in [-0.25, -0.2) is 0 Å². The summed E-state index contributed by atoms with van der Waals surface area (Å²) in [6, 6.07) is 20.2. The van der Waals surface area contributed by atoms with Crippen LogP contribution in [0.5, 0.6) is 0 Å². The molecule has 1 fully saturated rings. The van der Waals surface area contributed by atoms with E-state index in [1.54, 1.807) is 11.8 Å². The number of thioether (sulfide) groups is 1. The first-order valence-corrected chi connectivity index (χ1v) is 10.9. The van der Waals surface area contributed by atoms with Crippen LogP contribution in [-0.4, -0.2) is 35.1 Å². The number of piperidine rings is 1. The molecule has 0 aliphatic carbocycles. The number of nitrogens with one attached hydrogen (secondary N) is 1. The first-order chi connectivity index (χ1) is 13.6. The van der Waals surface area contributed by atoms with Crippen molar-refractivity contribution in [2.24, 2.45) is 5.92 Å². The highest BCUT2D eigenvalue weighted by atomic mass is 32.2. The molecule has 0 aromatic heterocycles. The molecule has 1 aliphatic rings. The van der Waals surface area contributed by atoms with Crippen LogP contribution in [0.4, 0.5) is 0 Å². The molecule has 2 aromatic carbocycles. The molecule has 2 amide bonds. The van der Waals surface area contributed by atoms with Crippen molar-refractivity contribution < 1.29 is 9.59 Å². The van der Waals surface area contributed by atoms with Crippen molar-refractivity contribution in [1.82, 2.24) is 10.2 Å². The van der Waals surface area contributed by atoms with Crippen LogP contribution in [0.1, 0.15) is 30.9 Å². The predicted molar refractivity (Wildman–Crippen MR) is 115 cm³/mol. The van der Waals surface area contributed by atoms with Crippen molar-refractivity contribution >= 4 is 23.6 Å². The average Bonchev–Trinajstić information content (AvgIpc) is 2.77. The molecule has 1 heterocycles. The fraction of sp³-hybridized carbons (Fsp3) is 0.391. The summed E-state index contributed by atoms with van der Waals surface area (Å²) in [5.74, 6) is 1.12. The van der Waals surface area contributed by atoms with E-state index in [1.807, 2.05) is 60.4 Å². The topological polar surface area (TPSA) is 49.4 Å². The highest BCUT2D eigenvalue weighted by molar-refractivity contribution is 7.99. The largest absolute Gasteiger partial charge is 0.352 e. The maximum absolute atomic E-state index is 12.7. The average molecular weight is 397 g/mol. The van der Waals surface area contributed by atoms with E-state index in [0.717, 1.165) is 24.2 Å². The van der Waals surface area contributed by atoms with Crippen LogP contribution in [-0.2, 0) is 21.9 Å². The number of likely N-dealkylation sites (tertiary alicyclic amines) is 1. The van der Waals surface area contributed by atoms with Crippen LogP contribution in [0.3, 0.4) is 0 Å². The Morgan fingerprint density at radius 1 is 1.00 bits per heavy atom. The van der Waals surface area contributed by atoms with E-state index in [4.69, 9.17) is 0 Å². The Morgan fingerprint density at radius 2 is 1.57 bits per heavy atom. The predicted octanol–water partition coefficient (Wildman–Crippen LogP) is 3.86. The molecule has 0 bridgehead atoms. The fourth-order valence-electron chi connectivity index (χ4n) is 3.42. The number of carbonyl (C=O) groups is 2. The van der Waals surface area contributed by atoms with Crippen LogP contribution in [0, 0.1) is 5.92 Å². The van der Waals surface area contributed by atoms with Gasteiger partial charge in [0, 0.05) is 31.3 Å². The zero-order chi connectivity index (χ0) is 19.8. The summed E-state index contributed by atoms with van der Waals surface area (Å²) in [5.41, 5.74) is 2.34. The fourth-order valence-corrected chi connectivity index (χ4v) is 4.34. The third-order valence-corrected chi connectivity index (χ3v) is 6.38. The summed E-state index contributed by atoms with van der Waals surface area (Å²) in [7, 11) is 0. The van der Waals surface area contributed by atoms with Crippen LogP contribution in [0.15, 0.2) is 60.7 Å². The quantitative estimate of drug-likeness (QED) is 0.773. The Labute approximate surface area is 171 Å². The summed E-state index contributed by atoms with van der Waals surface area (Å²) >= 11 is 1.67. The van der Waals surface area contributed by atoms with Gasteiger partial charge in [-0.1, -0.05) is 60.7 Å². The van der Waals surface area contributed by atoms with Gasteiger partial charge in [0.1, 0.15) is 0 Å². The minimum absolute atomic E-state index is 0.0000372. The Balaban J connectivity index is 1.40. The van der Waals surface area contributed by atoms with E-state index >= 15 is 0 Å². The third kappa shape index (κ3) is 5.86. The highest BCUT2D eigenvalue weighted by Gasteiger charge is 2.29. The molecule has 1 N–H and O–H groups in total. The van der Waals surface area contributed by atoms with Crippen LogP contribution in [0.2, 0.25) is 0 Å². The zero-order valence-corrected chi connectivity index (χ0v) is 17.2. The maximum atomic E-state index is 12.7. The molecule has 1 atom stereocenters. The van der Waals surface area contributed by atoms with Gasteiger partial charge in [-0.15, -0.1) is 11.8 Å². The van der Waals surface area contributed by atoms with Gasteiger partial charge in [0.15, 0.2) is 0 Å². The standard InChI is InChI=1S/C23H28N2O2S/c1-18(28-17-20-10-6-3-7-11-20)23(27)25-14-12-21(13-15-25)22(26)24-16-19-8-4-2-5-9-19/h2-11,18,21H,12-17H2,1H3,(H,24,26). The molecule has 1 saturated heterocycles. The summed E-state index contributed by atoms with van der Waals surface area (Å²) in [5, 5.41) is 2.96. The van der Waals surface area contributed by atoms with Crippen LogP contribution in [0.25, 0.3) is 0 Å². The van der Waals surface area contributed by atoms with E-state index < -0.39 is 0 Å². The van der Waals surface area contributed by atoms with E-state index in [-0.39, 0.29) is 23.0 Å². The first-order valence-electron chi connectivity index (χ1n) is 9.89. The molecular weight excluding hydrogens is 368 g/mol. The van der Waals surface area contributed by atoms with Gasteiger partial charge < -0.3 is 10.2 Å². The lowest BCUT2D eigenvalue weighted by Crippen LogP contribution is -2.45. The van der Waals surface area contributed by atoms with Crippen molar-refractivity contribution in [3.8, 4) is 0 Å². The van der Waals surface area contributed by atoms with Crippen molar-refractivity contribution in [2.45, 2.75) is 37.3 Å². The van der Waals surface area contributed by atoms with Gasteiger partial charge in [-0.2, -0.15) is 0 Å². The molecule has 0 spiro atoms. The molecule has 28 heavy (non-hydrogen) atoms. The van der Waals surface area contributed by atoms with Crippen molar-refractivity contribution in [1.29, 1.82) is 0 Å². The highest BCUT2D eigenvalue weighted by Crippen LogP contribution is 2.23. The minimum Gasteiger partial charge on any atom is -0.352 e. The molecule has 3 rings (SSSR count). The second-order valence-corrected chi connectivity index (χ2v) is 8.57. The third-order valence-electron chi connectivity index (χ3n) is 5.18. The number of benzene rings is 2. The number of carbonyl (C=O) groups excluding carboxylic acids is 2. The van der Waals surface area contributed by atoms with Gasteiger partial charge in [0.05, 0.1) is 5.25 Å². The van der Waals surface area contributed by atoms with Gasteiger partial charge in [0.2, 0.25) is 11.8 Å². The van der Waals surface area contributed by atoms with Gasteiger partial charge in [-0.3, -0.25) is 9.59 Å². The lowest BCUT2D eigenvalue weighted by atomic mass is 9.95. The number of rotatable bonds is 7. The minimum atomic E-state index is -0.0661. The number of nitrogens with zero attached hydrogens (tertiary/aromatic N) is 1. The molecule has 1 unspecified atom stereocenters. The van der Waals surface area contributed by atoms with E-state index in [2.05, 4.69) is 17.4 Å². The van der Waals surface area contributed by atoms with Crippen LogP contribution >= 0.6 is 11.8 Å². The summed E-state index contributed by atoms with van der Waals surface area (Å²) in [6.45, 7) is 3.87. The zero-order valence-electron chi connectivity index (χ0n) is 16.3. The lowest BCUT2D eigenvalue weighted by molar-refractivity contribution is -0.135. The van der Waals surface area contributed by atoms with Gasteiger partial charge in [0.25, 0.3) is 0 Å². The first kappa shape index (κ1) is 20.5. The summed E-state index contributed by atoms with van der Waals surface area (Å²) in [6.07, 6.45) is 1.48. The van der Waals surface area contributed by atoms with E-state index in [0.29, 0.717) is 19.6 Å². The molecular formula is C23H28N2O2S. The maximum Gasteiger partial charge on any atom is 0.235 e. The van der Waals surface area contributed by atoms with Crippen LogP contribution < -0.4 is 5.32 Å². The molecule has 0 radical (unpaired) electrons. The second kappa shape index (κ2) is 10.3. The Morgan fingerprint density at radius 3 is 2.18 bits per heavy atom. The number of amides is 2. The van der Waals surface area contributed by atoms with Crippen molar-refractivity contribution in [3.05, 3.63) is 71.8 Å². The Hall–Kier alpha value is -2.27. The van der Waals surface area contributed by atoms with E-state index in [1.165, 1.54) is 5.56 Å².